The average Bonchev–Trinajstić information content (AvgIpc) is 2.25. The fourth-order valence-corrected chi connectivity index (χ4v) is 1.73. The predicted octanol–water partition coefficient (Wildman–Crippen LogP) is 2.43. The van der Waals surface area contributed by atoms with Gasteiger partial charge in [0.1, 0.15) is 5.69 Å². The van der Waals surface area contributed by atoms with E-state index < -0.39 is 0 Å². The van der Waals surface area contributed by atoms with Crippen LogP contribution in [0.25, 0.3) is 6.08 Å². The lowest BCUT2D eigenvalue weighted by Gasteiger charge is -2.06. The van der Waals surface area contributed by atoms with Crippen molar-refractivity contribution in [2.45, 2.75) is 13.3 Å². The van der Waals surface area contributed by atoms with Gasteiger partial charge in [0.15, 0.2) is 0 Å². The van der Waals surface area contributed by atoms with Gasteiger partial charge >= 0.3 is 0 Å². The van der Waals surface area contributed by atoms with Crippen LogP contribution in [0.15, 0.2) is 47.6 Å². The summed E-state index contributed by atoms with van der Waals surface area (Å²) in [6.07, 6.45) is 9.68. The van der Waals surface area contributed by atoms with Crippen LogP contribution in [0, 0.1) is 0 Å². The highest BCUT2D eigenvalue weighted by Crippen LogP contribution is 2.22. The van der Waals surface area contributed by atoms with Crippen LogP contribution in [0.2, 0.25) is 0 Å². The Balaban J connectivity index is 2.27. The monoisotopic (exact) mass is 213 g/mol. The molecule has 0 bridgehead atoms. The third-order valence-corrected chi connectivity index (χ3v) is 2.73. The number of rotatable bonds is 1. The zero-order valence-corrected chi connectivity index (χ0v) is 9.53. The number of hydrogen-bond donors (Lipinski definition) is 2. The van der Waals surface area contributed by atoms with Gasteiger partial charge in [0.2, 0.25) is 0 Å². The topological polar surface area (TPSA) is 53.7 Å². The molecule has 0 heterocycles. The van der Waals surface area contributed by atoms with Gasteiger partial charge in [0, 0.05) is 17.3 Å². The van der Waals surface area contributed by atoms with Gasteiger partial charge in [-0.05, 0) is 37.1 Å². The molecule has 0 saturated heterocycles. The molecule has 1 aromatic rings. The zero-order valence-electron chi connectivity index (χ0n) is 9.53. The Bertz CT molecular complexity index is 493. The van der Waals surface area contributed by atoms with Gasteiger partial charge in [-0.25, -0.2) is 0 Å². The minimum Gasteiger partial charge on any atom is -0.399 e. The Morgan fingerprint density at radius 2 is 2.12 bits per heavy atom. The summed E-state index contributed by atoms with van der Waals surface area (Å²) in [6, 6.07) is 5.83. The highest BCUT2D eigenvalue weighted by molar-refractivity contribution is 5.68. The Morgan fingerprint density at radius 1 is 1.31 bits per heavy atom. The van der Waals surface area contributed by atoms with Crippen LogP contribution in [-0.4, -0.2) is 0 Å². The first-order valence-corrected chi connectivity index (χ1v) is 5.42. The van der Waals surface area contributed by atoms with Crippen molar-refractivity contribution in [1.29, 1.82) is 0 Å². The molecule has 0 radical (unpaired) electrons. The smallest absolute Gasteiger partial charge is 0.137 e. The summed E-state index contributed by atoms with van der Waals surface area (Å²) < 4.78 is 0. The van der Waals surface area contributed by atoms with Gasteiger partial charge in [-0.1, -0.05) is 23.8 Å². The van der Waals surface area contributed by atoms with E-state index in [2.05, 4.69) is 37.0 Å². The standard InChI is InChI=1S/C14H16N2/c1-10-2-4-11(5-3-10)8-12-6-7-13(15)9-14(12)16/h2-4,6-9H,5,15-16H2,1H3/p+1/b11-8-. The number of nitrogens with two attached hydrogens (primary N) is 1. The van der Waals surface area contributed by atoms with Gasteiger partial charge in [0.25, 0.3) is 0 Å². The molecule has 2 heteroatoms. The van der Waals surface area contributed by atoms with Crippen LogP contribution >= 0.6 is 0 Å². The molecule has 82 valence electrons. The molecule has 0 aliphatic heterocycles. The highest BCUT2D eigenvalue weighted by Gasteiger charge is 2.03. The van der Waals surface area contributed by atoms with Crippen LogP contribution in [-0.2, 0) is 0 Å². The summed E-state index contributed by atoms with van der Waals surface area (Å²) in [4.78, 5) is 0. The molecule has 5 N–H and O–H groups in total. The lowest BCUT2D eigenvalue weighted by molar-refractivity contribution is -0.254. The van der Waals surface area contributed by atoms with Crippen LogP contribution in [0.3, 0.4) is 0 Å². The highest BCUT2D eigenvalue weighted by atomic mass is 14.6. The minimum atomic E-state index is 0.766. The van der Waals surface area contributed by atoms with E-state index in [0.29, 0.717) is 0 Å². The first-order valence-electron chi connectivity index (χ1n) is 5.42. The largest absolute Gasteiger partial charge is 0.399 e. The number of hydrogen-bond acceptors (Lipinski definition) is 1. The first kappa shape index (κ1) is 10.7. The molecule has 1 aromatic carbocycles. The lowest BCUT2D eigenvalue weighted by Crippen LogP contribution is -2.41. The zero-order chi connectivity index (χ0) is 11.5. The van der Waals surface area contributed by atoms with E-state index in [0.717, 1.165) is 23.4 Å². The molecule has 0 atom stereocenters. The van der Waals surface area contributed by atoms with E-state index in [1.807, 2.05) is 18.2 Å². The third-order valence-electron chi connectivity index (χ3n) is 2.73. The van der Waals surface area contributed by atoms with Crippen molar-refractivity contribution in [3.05, 3.63) is 53.1 Å². The summed E-state index contributed by atoms with van der Waals surface area (Å²) in [7, 11) is 0. The SMILES string of the molecule is CC1=CC/C(=C\c2ccc(N)cc2[NH3+])C=C1. The maximum Gasteiger partial charge on any atom is 0.137 e. The molecular weight excluding hydrogens is 196 g/mol. The molecule has 0 aromatic heterocycles. The van der Waals surface area contributed by atoms with Gasteiger partial charge < -0.3 is 11.5 Å². The molecule has 2 nitrogen and oxygen atoms in total. The van der Waals surface area contributed by atoms with E-state index in [1.54, 1.807) is 0 Å². The van der Waals surface area contributed by atoms with Crippen molar-refractivity contribution < 1.29 is 5.73 Å². The molecule has 1 aliphatic rings. The normalized spacial score (nSPS) is 17.6. The molecular formula is C14H17N2+. The number of benzene rings is 1. The lowest BCUT2D eigenvalue weighted by atomic mass is 10.0. The Labute approximate surface area is 96.0 Å². The quantitative estimate of drug-likeness (QED) is 0.692. The van der Waals surface area contributed by atoms with E-state index in [1.165, 1.54) is 11.1 Å². The molecule has 2 rings (SSSR count). The molecule has 0 amide bonds. The van der Waals surface area contributed by atoms with Gasteiger partial charge in [0.05, 0.1) is 0 Å². The number of anilines is 1. The molecule has 0 spiro atoms. The van der Waals surface area contributed by atoms with E-state index in [4.69, 9.17) is 5.73 Å². The summed E-state index contributed by atoms with van der Waals surface area (Å²) in [5.74, 6) is 0. The van der Waals surface area contributed by atoms with Gasteiger partial charge in [-0.2, -0.15) is 0 Å². The first-order chi connectivity index (χ1) is 7.65. The van der Waals surface area contributed by atoms with E-state index in [-0.39, 0.29) is 0 Å². The number of allylic oxidation sites excluding steroid dienone is 5. The Hall–Kier alpha value is -1.80. The van der Waals surface area contributed by atoms with Crippen LogP contribution < -0.4 is 11.5 Å². The maximum absolute atomic E-state index is 5.69. The second kappa shape index (κ2) is 4.37. The summed E-state index contributed by atoms with van der Waals surface area (Å²) >= 11 is 0. The van der Waals surface area contributed by atoms with Crippen molar-refractivity contribution in [2.75, 3.05) is 5.73 Å². The second-order valence-corrected chi connectivity index (χ2v) is 4.16. The fourth-order valence-electron chi connectivity index (χ4n) is 1.73. The molecule has 1 aliphatic carbocycles. The summed E-state index contributed by atoms with van der Waals surface area (Å²) in [5, 5.41) is 0. The predicted molar refractivity (Wildman–Crippen MR) is 68.9 cm³/mol. The molecule has 0 unspecified atom stereocenters. The maximum atomic E-state index is 5.69. The van der Waals surface area contributed by atoms with Crippen LogP contribution in [0.1, 0.15) is 18.9 Å². The summed E-state index contributed by atoms with van der Waals surface area (Å²) in [6.45, 7) is 2.11. The van der Waals surface area contributed by atoms with Crippen LogP contribution in [0.5, 0.6) is 0 Å². The van der Waals surface area contributed by atoms with Crippen molar-refractivity contribution in [1.82, 2.24) is 0 Å². The minimum absolute atomic E-state index is 0.766. The molecule has 0 fully saturated rings. The molecule has 0 saturated carbocycles. The van der Waals surface area contributed by atoms with Crippen molar-refractivity contribution >= 4 is 17.5 Å². The summed E-state index contributed by atoms with van der Waals surface area (Å²) in [5.41, 5.74) is 15.2. The second-order valence-electron chi connectivity index (χ2n) is 4.16. The van der Waals surface area contributed by atoms with Crippen LogP contribution in [0.4, 0.5) is 11.4 Å². The van der Waals surface area contributed by atoms with Crippen molar-refractivity contribution in [2.24, 2.45) is 0 Å². The van der Waals surface area contributed by atoms with Gasteiger partial charge in [-0.15, -0.1) is 0 Å². The fraction of sp³-hybridized carbons (Fsp3) is 0.143. The Kier molecular flexibility index (Phi) is 2.93. The molecule has 16 heavy (non-hydrogen) atoms. The number of quaternary nitrogens is 1. The number of nitrogen functional groups attached to an aromatic ring is 1. The van der Waals surface area contributed by atoms with E-state index in [9.17, 15) is 0 Å². The van der Waals surface area contributed by atoms with Crippen molar-refractivity contribution in [3.8, 4) is 0 Å². The van der Waals surface area contributed by atoms with E-state index >= 15 is 0 Å². The van der Waals surface area contributed by atoms with Crippen molar-refractivity contribution in [3.63, 3.8) is 0 Å². The van der Waals surface area contributed by atoms with Gasteiger partial charge in [-0.3, -0.25) is 0 Å². The average molecular weight is 213 g/mol. The third kappa shape index (κ3) is 2.41. The Morgan fingerprint density at radius 3 is 2.75 bits per heavy atom.